The van der Waals surface area contributed by atoms with Crippen LogP contribution in [0.15, 0.2) is 6.07 Å². The van der Waals surface area contributed by atoms with E-state index in [-0.39, 0.29) is 10.7 Å². The van der Waals surface area contributed by atoms with Crippen molar-refractivity contribution >= 4 is 17.6 Å². The largest absolute Gasteiger partial charge is 0.478 e. The molecular weight excluding hydrogens is 218 g/mol. The van der Waals surface area contributed by atoms with Gasteiger partial charge in [-0.25, -0.2) is 4.79 Å². The molecular formula is C9H12ClN3O2. The lowest BCUT2D eigenvalue weighted by Crippen LogP contribution is -2.16. The van der Waals surface area contributed by atoms with E-state index in [0.717, 1.165) is 6.54 Å². The lowest BCUT2D eigenvalue weighted by molar-refractivity contribution is 0.0696. The van der Waals surface area contributed by atoms with Crippen LogP contribution < -0.4 is 0 Å². The third-order valence-corrected chi connectivity index (χ3v) is 2.12. The Kier molecular flexibility index (Phi) is 3.99. The molecule has 1 N–H and O–H groups in total. The van der Waals surface area contributed by atoms with Gasteiger partial charge in [0, 0.05) is 13.0 Å². The summed E-state index contributed by atoms with van der Waals surface area (Å²) in [6.45, 7) is 0.787. The van der Waals surface area contributed by atoms with Gasteiger partial charge in [0.05, 0.1) is 5.69 Å². The van der Waals surface area contributed by atoms with Crippen LogP contribution in [-0.2, 0) is 6.42 Å². The van der Waals surface area contributed by atoms with Gasteiger partial charge < -0.3 is 10.0 Å². The van der Waals surface area contributed by atoms with Crippen LogP contribution in [0.3, 0.4) is 0 Å². The van der Waals surface area contributed by atoms with E-state index in [0.29, 0.717) is 12.1 Å². The van der Waals surface area contributed by atoms with Crippen LogP contribution in [0.4, 0.5) is 0 Å². The fourth-order valence-corrected chi connectivity index (χ4v) is 1.20. The molecule has 0 aliphatic rings. The molecule has 6 heteroatoms. The van der Waals surface area contributed by atoms with Gasteiger partial charge in [0.15, 0.2) is 5.15 Å². The zero-order chi connectivity index (χ0) is 11.4. The Morgan fingerprint density at radius 2 is 2.20 bits per heavy atom. The number of carboxylic acid groups (broad SMARTS) is 1. The molecule has 1 aromatic heterocycles. The predicted octanol–water partition coefficient (Wildman–Crippen LogP) is 0.932. The second kappa shape index (κ2) is 5.04. The molecule has 1 aromatic rings. The summed E-state index contributed by atoms with van der Waals surface area (Å²) < 4.78 is 0. The molecule has 82 valence electrons. The van der Waals surface area contributed by atoms with Gasteiger partial charge in [0.1, 0.15) is 5.56 Å². The number of hydrogen-bond donors (Lipinski definition) is 1. The molecule has 1 heterocycles. The van der Waals surface area contributed by atoms with Crippen molar-refractivity contribution in [2.75, 3.05) is 20.6 Å². The molecule has 0 bridgehead atoms. The third-order valence-electron chi connectivity index (χ3n) is 1.85. The predicted molar refractivity (Wildman–Crippen MR) is 56.3 cm³/mol. The van der Waals surface area contributed by atoms with Crippen molar-refractivity contribution in [3.8, 4) is 0 Å². The molecule has 15 heavy (non-hydrogen) atoms. The van der Waals surface area contributed by atoms with Crippen molar-refractivity contribution in [2.24, 2.45) is 0 Å². The minimum absolute atomic E-state index is 0.000391. The second-order valence-corrected chi connectivity index (χ2v) is 3.76. The first-order valence-corrected chi connectivity index (χ1v) is 4.78. The molecule has 0 saturated heterocycles. The summed E-state index contributed by atoms with van der Waals surface area (Å²) in [5.41, 5.74) is 0.630. The summed E-state index contributed by atoms with van der Waals surface area (Å²) in [5.74, 6) is -1.08. The molecule has 0 amide bonds. The van der Waals surface area contributed by atoms with Crippen molar-refractivity contribution in [1.82, 2.24) is 15.1 Å². The molecule has 1 rings (SSSR count). The van der Waals surface area contributed by atoms with E-state index >= 15 is 0 Å². The highest BCUT2D eigenvalue weighted by molar-refractivity contribution is 6.32. The van der Waals surface area contributed by atoms with Gasteiger partial charge in [-0.2, -0.15) is 5.10 Å². The number of carboxylic acids is 1. The van der Waals surface area contributed by atoms with E-state index in [4.69, 9.17) is 16.7 Å². The van der Waals surface area contributed by atoms with Gasteiger partial charge in [0.2, 0.25) is 0 Å². The highest BCUT2D eigenvalue weighted by atomic mass is 35.5. The topological polar surface area (TPSA) is 66.3 Å². The average Bonchev–Trinajstić information content (AvgIpc) is 2.16. The van der Waals surface area contributed by atoms with Gasteiger partial charge in [0.25, 0.3) is 0 Å². The Bertz CT molecular complexity index is 368. The molecule has 0 saturated carbocycles. The summed E-state index contributed by atoms with van der Waals surface area (Å²) in [6.07, 6.45) is 0.650. The van der Waals surface area contributed by atoms with Crippen LogP contribution >= 0.6 is 11.6 Å². The summed E-state index contributed by atoms with van der Waals surface area (Å²) in [6, 6.07) is 1.46. The zero-order valence-electron chi connectivity index (χ0n) is 8.57. The molecule has 0 fully saturated rings. The van der Waals surface area contributed by atoms with Crippen LogP contribution in [-0.4, -0.2) is 46.8 Å². The Labute approximate surface area is 92.7 Å². The number of likely N-dealkylation sites (N-methyl/N-ethyl adjacent to an activating group) is 1. The summed E-state index contributed by atoms with van der Waals surface area (Å²) in [4.78, 5) is 12.7. The maximum Gasteiger partial charge on any atom is 0.338 e. The molecule has 0 spiro atoms. The first-order valence-electron chi connectivity index (χ1n) is 4.41. The summed E-state index contributed by atoms with van der Waals surface area (Å²) in [7, 11) is 3.86. The Balaban J connectivity index is 2.83. The van der Waals surface area contributed by atoms with Crippen LogP contribution in [0.1, 0.15) is 16.1 Å². The number of nitrogens with zero attached hydrogens (tertiary/aromatic N) is 3. The fraction of sp³-hybridized carbons (Fsp3) is 0.444. The highest BCUT2D eigenvalue weighted by Gasteiger charge is 2.11. The SMILES string of the molecule is CN(C)CCc1cc(C(=O)O)c(Cl)nn1. The van der Waals surface area contributed by atoms with Gasteiger partial charge >= 0.3 is 5.97 Å². The zero-order valence-corrected chi connectivity index (χ0v) is 9.32. The maximum atomic E-state index is 10.7. The Hall–Kier alpha value is -1.20. The van der Waals surface area contributed by atoms with Crippen LogP contribution in [0.2, 0.25) is 5.15 Å². The van der Waals surface area contributed by atoms with Crippen molar-refractivity contribution in [3.63, 3.8) is 0 Å². The smallest absolute Gasteiger partial charge is 0.338 e. The molecule has 0 radical (unpaired) electrons. The van der Waals surface area contributed by atoms with Crippen molar-refractivity contribution in [3.05, 3.63) is 22.5 Å². The quantitative estimate of drug-likeness (QED) is 0.832. The van der Waals surface area contributed by atoms with Gasteiger partial charge in [-0.05, 0) is 20.2 Å². The molecule has 0 aliphatic heterocycles. The van der Waals surface area contributed by atoms with Gasteiger partial charge in [-0.15, -0.1) is 5.10 Å². The van der Waals surface area contributed by atoms with E-state index in [2.05, 4.69) is 10.2 Å². The van der Waals surface area contributed by atoms with Crippen molar-refractivity contribution in [2.45, 2.75) is 6.42 Å². The maximum absolute atomic E-state index is 10.7. The lowest BCUT2D eigenvalue weighted by atomic mass is 10.2. The number of hydrogen-bond acceptors (Lipinski definition) is 4. The molecule has 5 nitrogen and oxygen atoms in total. The third kappa shape index (κ3) is 3.45. The molecule has 0 unspecified atom stereocenters. The summed E-state index contributed by atoms with van der Waals surface area (Å²) >= 11 is 5.59. The number of aromatic nitrogens is 2. The van der Waals surface area contributed by atoms with E-state index in [9.17, 15) is 4.79 Å². The minimum atomic E-state index is -1.08. The van der Waals surface area contributed by atoms with E-state index in [1.54, 1.807) is 0 Å². The number of aromatic carboxylic acids is 1. The minimum Gasteiger partial charge on any atom is -0.478 e. The van der Waals surface area contributed by atoms with Crippen LogP contribution in [0.25, 0.3) is 0 Å². The van der Waals surface area contributed by atoms with Gasteiger partial charge in [-0.3, -0.25) is 0 Å². The van der Waals surface area contributed by atoms with E-state index in [1.807, 2.05) is 19.0 Å². The van der Waals surface area contributed by atoms with Crippen LogP contribution in [0.5, 0.6) is 0 Å². The Morgan fingerprint density at radius 3 is 2.73 bits per heavy atom. The molecule has 0 aliphatic carbocycles. The number of halogens is 1. The molecule has 0 aromatic carbocycles. The lowest BCUT2D eigenvalue weighted by Gasteiger charge is -2.08. The number of carbonyl (C=O) groups is 1. The Morgan fingerprint density at radius 1 is 1.53 bits per heavy atom. The first-order chi connectivity index (χ1) is 7.00. The van der Waals surface area contributed by atoms with E-state index < -0.39 is 5.97 Å². The van der Waals surface area contributed by atoms with Crippen molar-refractivity contribution in [1.29, 1.82) is 0 Å². The standard InChI is InChI=1S/C9H12ClN3O2/c1-13(2)4-3-6-5-7(9(14)15)8(10)12-11-6/h5H,3-4H2,1-2H3,(H,14,15). The van der Waals surface area contributed by atoms with Crippen LogP contribution in [0, 0.1) is 0 Å². The normalized spacial score (nSPS) is 10.7. The van der Waals surface area contributed by atoms with Crippen molar-refractivity contribution < 1.29 is 9.90 Å². The average molecular weight is 230 g/mol. The highest BCUT2D eigenvalue weighted by Crippen LogP contribution is 2.12. The second-order valence-electron chi connectivity index (χ2n) is 3.40. The summed E-state index contributed by atoms with van der Waals surface area (Å²) in [5, 5.41) is 16.1. The fourth-order valence-electron chi connectivity index (χ4n) is 1.03. The first kappa shape index (κ1) is 11.9. The van der Waals surface area contributed by atoms with Gasteiger partial charge in [-0.1, -0.05) is 11.6 Å². The monoisotopic (exact) mass is 229 g/mol. The van der Waals surface area contributed by atoms with E-state index in [1.165, 1.54) is 6.07 Å². The number of rotatable bonds is 4. The molecule has 0 atom stereocenters.